The molecule has 0 aromatic heterocycles. The first kappa shape index (κ1) is 14.9. The fourth-order valence-electron chi connectivity index (χ4n) is 1.69. The third kappa shape index (κ3) is 3.94. The molecule has 1 heterocycles. The van der Waals surface area contributed by atoms with Gasteiger partial charge < -0.3 is 15.0 Å². The van der Waals surface area contributed by atoms with E-state index in [-0.39, 0.29) is 25.0 Å². The minimum Gasteiger partial charge on any atom is -0.460 e. The van der Waals surface area contributed by atoms with Crippen molar-refractivity contribution in [1.82, 2.24) is 10.2 Å². The predicted octanol–water partition coefficient (Wildman–Crippen LogP) is 0.214. The second-order valence-corrected chi connectivity index (χ2v) is 4.26. The molecule has 1 aliphatic heterocycles. The van der Waals surface area contributed by atoms with E-state index in [0.717, 1.165) is 0 Å². The number of likely N-dealkylation sites (tertiary alicyclic amines) is 1. The highest BCUT2D eigenvalue weighted by Gasteiger charge is 2.35. The van der Waals surface area contributed by atoms with Crippen LogP contribution in [-0.4, -0.2) is 42.4 Å². The summed E-state index contributed by atoms with van der Waals surface area (Å²) >= 11 is 0. The fraction of sp³-hybridized carbons (Fsp3) is 0.462. The molecule has 0 aliphatic carbocycles. The molecular formula is C13H18N2O4. The molecule has 1 fully saturated rings. The largest absolute Gasteiger partial charge is 0.460 e. The molecule has 0 aromatic carbocycles. The Kier molecular flexibility index (Phi) is 5.29. The van der Waals surface area contributed by atoms with Crippen molar-refractivity contribution < 1.29 is 19.1 Å². The molecule has 0 spiro atoms. The molecule has 6 nitrogen and oxygen atoms in total. The maximum atomic E-state index is 11.7. The van der Waals surface area contributed by atoms with Crippen LogP contribution in [0.1, 0.15) is 13.3 Å². The Hall–Kier alpha value is -2.11. The number of hydrogen-bond acceptors (Lipinski definition) is 4. The van der Waals surface area contributed by atoms with Crippen LogP contribution >= 0.6 is 0 Å². The number of esters is 1. The molecule has 0 radical (unpaired) electrons. The van der Waals surface area contributed by atoms with Gasteiger partial charge in [-0.1, -0.05) is 13.2 Å². The topological polar surface area (TPSA) is 75.7 Å². The lowest BCUT2D eigenvalue weighted by molar-refractivity contribution is -0.140. The van der Waals surface area contributed by atoms with Gasteiger partial charge in [0.1, 0.15) is 12.5 Å². The summed E-state index contributed by atoms with van der Waals surface area (Å²) in [6, 6.07) is 0. The zero-order valence-corrected chi connectivity index (χ0v) is 11.0. The van der Waals surface area contributed by atoms with E-state index in [1.54, 1.807) is 6.92 Å². The second kappa shape index (κ2) is 6.72. The second-order valence-electron chi connectivity index (χ2n) is 4.26. The van der Waals surface area contributed by atoms with Crippen molar-refractivity contribution in [2.24, 2.45) is 5.92 Å². The van der Waals surface area contributed by atoms with Crippen molar-refractivity contribution in [2.45, 2.75) is 13.3 Å². The van der Waals surface area contributed by atoms with Crippen LogP contribution in [0.3, 0.4) is 0 Å². The molecule has 1 unspecified atom stereocenters. The van der Waals surface area contributed by atoms with Crippen molar-refractivity contribution in [2.75, 3.05) is 19.7 Å². The molecule has 1 atom stereocenters. The number of carbonyl (C=O) groups excluding carboxylic acids is 3. The van der Waals surface area contributed by atoms with Crippen LogP contribution in [0.15, 0.2) is 24.9 Å². The molecule has 0 aromatic rings. The minimum absolute atomic E-state index is 0.0590. The van der Waals surface area contributed by atoms with E-state index < -0.39 is 11.9 Å². The Bertz CT molecular complexity index is 417. The third-order valence-electron chi connectivity index (χ3n) is 2.76. The van der Waals surface area contributed by atoms with E-state index in [2.05, 4.69) is 18.5 Å². The Morgan fingerprint density at radius 1 is 1.58 bits per heavy atom. The van der Waals surface area contributed by atoms with Crippen LogP contribution in [-0.2, 0) is 19.1 Å². The standard InChI is InChI=1S/C13H18N2O4/c1-4-15-7-5-10(12(15)17)11(16)14-6-8-19-13(18)9(2)3/h4,10H,1-2,5-8H2,3H3,(H,14,16). The summed E-state index contributed by atoms with van der Waals surface area (Å²) in [5.41, 5.74) is 0.305. The molecule has 19 heavy (non-hydrogen) atoms. The van der Waals surface area contributed by atoms with Crippen LogP contribution < -0.4 is 5.32 Å². The summed E-state index contributed by atoms with van der Waals surface area (Å²) in [6.07, 6.45) is 1.90. The Morgan fingerprint density at radius 3 is 2.79 bits per heavy atom. The smallest absolute Gasteiger partial charge is 0.333 e. The van der Waals surface area contributed by atoms with Gasteiger partial charge in [-0.05, 0) is 19.5 Å². The molecule has 1 rings (SSSR count). The molecule has 1 saturated heterocycles. The summed E-state index contributed by atoms with van der Waals surface area (Å²) in [4.78, 5) is 35.9. The molecule has 1 aliphatic rings. The van der Waals surface area contributed by atoms with Gasteiger partial charge in [0, 0.05) is 12.1 Å². The highest BCUT2D eigenvalue weighted by Crippen LogP contribution is 2.17. The first-order valence-corrected chi connectivity index (χ1v) is 6.00. The lowest BCUT2D eigenvalue weighted by atomic mass is 10.1. The van der Waals surface area contributed by atoms with Crippen LogP contribution in [0.5, 0.6) is 0 Å². The van der Waals surface area contributed by atoms with E-state index in [0.29, 0.717) is 18.5 Å². The van der Waals surface area contributed by atoms with Gasteiger partial charge in [-0.2, -0.15) is 0 Å². The number of nitrogens with zero attached hydrogens (tertiary/aromatic N) is 1. The zero-order chi connectivity index (χ0) is 14.4. The SMILES string of the molecule is C=CN1CCC(C(=O)NCCOC(=O)C(=C)C)C1=O. The van der Waals surface area contributed by atoms with Crippen molar-refractivity contribution in [1.29, 1.82) is 0 Å². The molecule has 2 amide bonds. The average molecular weight is 266 g/mol. The number of amides is 2. The number of ether oxygens (including phenoxy) is 1. The normalized spacial score (nSPS) is 18.1. The lowest BCUT2D eigenvalue weighted by Gasteiger charge is -2.11. The first-order valence-electron chi connectivity index (χ1n) is 6.00. The summed E-state index contributed by atoms with van der Waals surface area (Å²) in [6.45, 7) is 9.23. The summed E-state index contributed by atoms with van der Waals surface area (Å²) in [5, 5.41) is 2.57. The molecule has 6 heteroatoms. The van der Waals surface area contributed by atoms with Crippen LogP contribution in [0.2, 0.25) is 0 Å². The monoisotopic (exact) mass is 266 g/mol. The van der Waals surface area contributed by atoms with Gasteiger partial charge in [0.2, 0.25) is 11.8 Å². The van der Waals surface area contributed by atoms with Gasteiger partial charge in [0.25, 0.3) is 0 Å². The van der Waals surface area contributed by atoms with Gasteiger partial charge in [0.05, 0.1) is 6.54 Å². The quantitative estimate of drug-likeness (QED) is 0.323. The van der Waals surface area contributed by atoms with Crippen LogP contribution in [0, 0.1) is 5.92 Å². The average Bonchev–Trinajstić information content (AvgIpc) is 2.75. The summed E-state index contributed by atoms with van der Waals surface area (Å²) < 4.78 is 4.82. The van der Waals surface area contributed by atoms with Crippen LogP contribution in [0.25, 0.3) is 0 Å². The number of rotatable bonds is 6. The van der Waals surface area contributed by atoms with Gasteiger partial charge >= 0.3 is 5.97 Å². The lowest BCUT2D eigenvalue weighted by Crippen LogP contribution is -2.37. The summed E-state index contributed by atoms with van der Waals surface area (Å²) in [7, 11) is 0. The predicted molar refractivity (Wildman–Crippen MR) is 68.8 cm³/mol. The molecule has 0 bridgehead atoms. The van der Waals surface area contributed by atoms with Gasteiger partial charge in [-0.25, -0.2) is 4.79 Å². The van der Waals surface area contributed by atoms with Crippen molar-refractivity contribution in [3.63, 3.8) is 0 Å². The maximum Gasteiger partial charge on any atom is 0.333 e. The summed E-state index contributed by atoms with van der Waals surface area (Å²) in [5.74, 6) is -1.76. The molecule has 0 saturated carbocycles. The number of hydrogen-bond donors (Lipinski definition) is 1. The van der Waals surface area contributed by atoms with Crippen molar-refractivity contribution in [3.8, 4) is 0 Å². The van der Waals surface area contributed by atoms with E-state index in [4.69, 9.17) is 4.74 Å². The number of nitrogens with one attached hydrogen (secondary N) is 1. The highest BCUT2D eigenvalue weighted by atomic mass is 16.5. The fourth-order valence-corrected chi connectivity index (χ4v) is 1.69. The molecular weight excluding hydrogens is 248 g/mol. The Morgan fingerprint density at radius 2 is 2.26 bits per heavy atom. The minimum atomic E-state index is -0.671. The number of carbonyl (C=O) groups is 3. The van der Waals surface area contributed by atoms with E-state index in [1.165, 1.54) is 11.1 Å². The van der Waals surface area contributed by atoms with Crippen molar-refractivity contribution >= 4 is 17.8 Å². The Balaban J connectivity index is 2.29. The highest BCUT2D eigenvalue weighted by molar-refractivity contribution is 6.01. The van der Waals surface area contributed by atoms with E-state index in [1.807, 2.05) is 0 Å². The first-order chi connectivity index (χ1) is 8.97. The Labute approximate surface area is 112 Å². The molecule has 104 valence electrons. The maximum absolute atomic E-state index is 11.7. The van der Waals surface area contributed by atoms with E-state index in [9.17, 15) is 14.4 Å². The van der Waals surface area contributed by atoms with Crippen LogP contribution in [0.4, 0.5) is 0 Å². The van der Waals surface area contributed by atoms with Gasteiger partial charge in [0.15, 0.2) is 0 Å². The van der Waals surface area contributed by atoms with Crippen molar-refractivity contribution in [3.05, 3.63) is 24.9 Å². The van der Waals surface area contributed by atoms with Gasteiger partial charge in [-0.3, -0.25) is 9.59 Å². The van der Waals surface area contributed by atoms with E-state index >= 15 is 0 Å². The van der Waals surface area contributed by atoms with Gasteiger partial charge in [-0.15, -0.1) is 0 Å². The molecule has 1 N–H and O–H groups in total. The third-order valence-corrected chi connectivity index (χ3v) is 2.76. The zero-order valence-electron chi connectivity index (χ0n) is 11.0.